The summed E-state index contributed by atoms with van der Waals surface area (Å²) in [6, 6.07) is 7.48. The Morgan fingerprint density at radius 2 is 1.95 bits per heavy atom. The molecule has 1 amide bonds. The molecule has 0 atom stereocenters. The van der Waals surface area contributed by atoms with Crippen LogP contribution in [0.25, 0.3) is 0 Å². The number of carbonyl (C=O) groups excluding carboxylic acids is 1. The molecule has 0 spiro atoms. The lowest BCUT2D eigenvalue weighted by Crippen LogP contribution is -2.37. The summed E-state index contributed by atoms with van der Waals surface area (Å²) in [6.45, 7) is 5.34. The molecule has 2 nitrogen and oxygen atoms in total. The molecule has 1 aliphatic carbocycles. The van der Waals surface area contributed by atoms with Crippen LogP contribution in [0.1, 0.15) is 56.3 Å². The number of hydrogen-bond acceptors (Lipinski definition) is 2. The number of nitrogens with one attached hydrogen (secondary N) is 1. The highest BCUT2D eigenvalue weighted by atomic mass is 32.1. The van der Waals surface area contributed by atoms with E-state index in [0.29, 0.717) is 16.9 Å². The molecule has 3 heteroatoms. The van der Waals surface area contributed by atoms with Gasteiger partial charge in [-0.1, -0.05) is 38.8 Å². The van der Waals surface area contributed by atoms with Crippen LogP contribution in [0, 0.1) is 11.3 Å². The Kier molecular flexibility index (Phi) is 5.14. The maximum atomic E-state index is 12.3. The normalized spacial score (nSPS) is 17.4. The zero-order valence-corrected chi connectivity index (χ0v) is 13.4. The number of thiol groups is 1. The summed E-state index contributed by atoms with van der Waals surface area (Å²) in [5.74, 6) is 0.688. The topological polar surface area (TPSA) is 29.1 Å². The van der Waals surface area contributed by atoms with Gasteiger partial charge in [0.2, 0.25) is 0 Å². The Morgan fingerprint density at radius 3 is 2.55 bits per heavy atom. The van der Waals surface area contributed by atoms with E-state index in [4.69, 9.17) is 0 Å². The van der Waals surface area contributed by atoms with Gasteiger partial charge in [-0.2, -0.15) is 0 Å². The average Bonchev–Trinajstić information content (AvgIpc) is 2.84. The summed E-state index contributed by atoms with van der Waals surface area (Å²) >= 11 is 4.36. The van der Waals surface area contributed by atoms with Crippen molar-refractivity contribution in [3.8, 4) is 0 Å². The van der Waals surface area contributed by atoms with Gasteiger partial charge >= 0.3 is 0 Å². The van der Waals surface area contributed by atoms with Crippen LogP contribution in [0.5, 0.6) is 0 Å². The number of hydrogen-bond donors (Lipinski definition) is 2. The Labute approximate surface area is 127 Å². The summed E-state index contributed by atoms with van der Waals surface area (Å²) in [4.78, 5) is 13.0. The Hall–Kier alpha value is -0.960. The van der Waals surface area contributed by atoms with Crippen LogP contribution < -0.4 is 5.32 Å². The maximum Gasteiger partial charge on any atom is 0.252 e. The lowest BCUT2D eigenvalue weighted by Gasteiger charge is -2.31. The molecule has 2 rings (SSSR count). The first kappa shape index (κ1) is 15.4. The van der Waals surface area contributed by atoms with Crippen LogP contribution in [0.2, 0.25) is 0 Å². The molecule has 20 heavy (non-hydrogen) atoms. The second-order valence-corrected chi connectivity index (χ2v) is 6.99. The van der Waals surface area contributed by atoms with E-state index in [9.17, 15) is 4.79 Å². The van der Waals surface area contributed by atoms with Gasteiger partial charge in [0, 0.05) is 11.4 Å². The van der Waals surface area contributed by atoms with E-state index in [0.717, 1.165) is 11.4 Å². The molecule has 1 aromatic carbocycles. The molecule has 0 saturated heterocycles. The van der Waals surface area contributed by atoms with Crippen molar-refractivity contribution in [3.63, 3.8) is 0 Å². The summed E-state index contributed by atoms with van der Waals surface area (Å²) in [5, 5.41) is 3.14. The number of amides is 1. The molecule has 0 aliphatic heterocycles. The van der Waals surface area contributed by atoms with Gasteiger partial charge in [-0.3, -0.25) is 4.79 Å². The van der Waals surface area contributed by atoms with Crippen LogP contribution in [0.4, 0.5) is 0 Å². The minimum atomic E-state index is 0.00521. The molecule has 0 radical (unpaired) electrons. The van der Waals surface area contributed by atoms with Gasteiger partial charge in [0.1, 0.15) is 0 Å². The van der Waals surface area contributed by atoms with Gasteiger partial charge in [0.25, 0.3) is 5.91 Å². The number of carbonyl (C=O) groups is 1. The fraction of sp³-hybridized carbons (Fsp3) is 0.588. The van der Waals surface area contributed by atoms with Crippen molar-refractivity contribution in [1.82, 2.24) is 5.32 Å². The summed E-state index contributed by atoms with van der Waals surface area (Å²) in [7, 11) is 0. The minimum Gasteiger partial charge on any atom is -0.351 e. The molecule has 0 bridgehead atoms. The first-order valence-corrected chi connectivity index (χ1v) is 8.03. The zero-order valence-electron chi connectivity index (χ0n) is 12.5. The molecular weight excluding hydrogens is 266 g/mol. The van der Waals surface area contributed by atoms with E-state index < -0.39 is 0 Å². The smallest absolute Gasteiger partial charge is 0.252 e. The van der Waals surface area contributed by atoms with Gasteiger partial charge in [0.15, 0.2) is 0 Å². The highest BCUT2D eigenvalue weighted by Crippen LogP contribution is 2.42. The van der Waals surface area contributed by atoms with Crippen molar-refractivity contribution in [1.29, 1.82) is 0 Å². The third kappa shape index (κ3) is 3.78. The van der Waals surface area contributed by atoms with Crippen LogP contribution in [0.3, 0.4) is 0 Å². The standard InChI is InChI=1S/C17H25NOS/c1-13(2)11-17(9-5-6-10-17)12-18-16(19)14-7-3-4-8-15(14)20/h3-4,7-8,13,20H,5-6,9-12H2,1-2H3,(H,18,19). The van der Waals surface area contributed by atoms with Crippen LogP contribution in [-0.2, 0) is 0 Å². The minimum absolute atomic E-state index is 0.00521. The molecule has 1 fully saturated rings. The van der Waals surface area contributed by atoms with E-state index in [1.807, 2.05) is 24.3 Å². The Morgan fingerprint density at radius 1 is 1.30 bits per heavy atom. The van der Waals surface area contributed by atoms with Crippen molar-refractivity contribution >= 4 is 18.5 Å². The highest BCUT2D eigenvalue weighted by Gasteiger charge is 2.34. The predicted octanol–water partition coefficient (Wildman–Crippen LogP) is 4.31. The highest BCUT2D eigenvalue weighted by molar-refractivity contribution is 7.80. The molecule has 1 saturated carbocycles. The Bertz CT molecular complexity index is 464. The fourth-order valence-corrected chi connectivity index (χ4v) is 3.73. The van der Waals surface area contributed by atoms with E-state index in [1.165, 1.54) is 32.1 Å². The van der Waals surface area contributed by atoms with Crippen molar-refractivity contribution < 1.29 is 4.79 Å². The lowest BCUT2D eigenvalue weighted by molar-refractivity contribution is 0.0919. The van der Waals surface area contributed by atoms with Crippen LogP contribution in [0.15, 0.2) is 29.2 Å². The average molecular weight is 291 g/mol. The molecule has 110 valence electrons. The van der Waals surface area contributed by atoms with E-state index in [1.54, 1.807) is 0 Å². The third-order valence-electron chi connectivity index (χ3n) is 4.28. The summed E-state index contributed by atoms with van der Waals surface area (Å²) in [6.07, 6.45) is 6.29. The molecule has 0 aromatic heterocycles. The van der Waals surface area contributed by atoms with E-state index in [2.05, 4.69) is 31.8 Å². The summed E-state index contributed by atoms with van der Waals surface area (Å²) < 4.78 is 0. The quantitative estimate of drug-likeness (QED) is 0.778. The largest absolute Gasteiger partial charge is 0.351 e. The van der Waals surface area contributed by atoms with Crippen molar-refractivity contribution in [2.24, 2.45) is 11.3 Å². The van der Waals surface area contributed by atoms with Crippen LogP contribution >= 0.6 is 12.6 Å². The molecule has 0 heterocycles. The first-order chi connectivity index (χ1) is 9.52. The molecular formula is C17H25NOS. The van der Waals surface area contributed by atoms with E-state index >= 15 is 0 Å². The Balaban J connectivity index is 1.99. The predicted molar refractivity (Wildman–Crippen MR) is 86.4 cm³/mol. The van der Waals surface area contributed by atoms with Gasteiger partial charge in [-0.05, 0) is 42.7 Å². The fourth-order valence-electron chi connectivity index (χ4n) is 3.47. The second kappa shape index (κ2) is 6.66. The third-order valence-corrected chi connectivity index (χ3v) is 4.67. The maximum absolute atomic E-state index is 12.3. The SMILES string of the molecule is CC(C)CC1(CNC(=O)c2ccccc2S)CCCC1. The van der Waals surface area contributed by atoms with Crippen LogP contribution in [-0.4, -0.2) is 12.5 Å². The van der Waals surface area contributed by atoms with Gasteiger partial charge in [-0.25, -0.2) is 0 Å². The molecule has 1 aliphatic rings. The lowest BCUT2D eigenvalue weighted by atomic mass is 9.78. The second-order valence-electron chi connectivity index (χ2n) is 6.50. The zero-order chi connectivity index (χ0) is 14.6. The van der Waals surface area contributed by atoms with Gasteiger partial charge in [-0.15, -0.1) is 12.6 Å². The first-order valence-electron chi connectivity index (χ1n) is 7.59. The van der Waals surface area contributed by atoms with Gasteiger partial charge < -0.3 is 5.32 Å². The van der Waals surface area contributed by atoms with E-state index in [-0.39, 0.29) is 5.91 Å². The van der Waals surface area contributed by atoms with Crippen molar-refractivity contribution in [2.75, 3.05) is 6.54 Å². The number of rotatable bonds is 5. The molecule has 0 unspecified atom stereocenters. The van der Waals surface area contributed by atoms with Crippen molar-refractivity contribution in [2.45, 2.75) is 50.8 Å². The molecule has 1 aromatic rings. The van der Waals surface area contributed by atoms with Gasteiger partial charge in [0.05, 0.1) is 5.56 Å². The monoisotopic (exact) mass is 291 g/mol. The molecule has 1 N–H and O–H groups in total. The summed E-state index contributed by atoms with van der Waals surface area (Å²) in [5.41, 5.74) is 0.989. The number of benzene rings is 1. The van der Waals surface area contributed by atoms with Crippen molar-refractivity contribution in [3.05, 3.63) is 29.8 Å².